The second kappa shape index (κ2) is 3.32. The summed E-state index contributed by atoms with van der Waals surface area (Å²) < 4.78 is 27.7. The molecule has 3 nitrogen and oxygen atoms in total. The Bertz CT molecular complexity index is 137. The number of hydrogen-bond donors (Lipinski definition) is 2. The highest BCUT2D eigenvalue weighted by molar-refractivity contribution is 7.87. The smallest absolute Gasteiger partial charge is 0.269 e. The quantitative estimate of drug-likeness (QED) is 0.457. The van der Waals surface area contributed by atoms with Crippen LogP contribution in [0.2, 0.25) is 0 Å². The molecule has 8 heavy (non-hydrogen) atoms. The minimum absolute atomic E-state index is 0.280. The van der Waals surface area contributed by atoms with Crippen molar-refractivity contribution in [3.63, 3.8) is 0 Å². The molecule has 0 heterocycles. The van der Waals surface area contributed by atoms with Gasteiger partial charge >= 0.3 is 0 Å². The second-order valence-corrected chi connectivity index (χ2v) is 3.00. The monoisotopic (exact) mass is 155 g/mol. The lowest BCUT2D eigenvalue weighted by atomic mass is 10.6. The molecule has 0 aromatic heterocycles. The van der Waals surface area contributed by atoms with E-state index in [9.17, 15) is 8.42 Å². The highest BCUT2D eigenvalue weighted by Gasteiger charge is 2.01. The lowest BCUT2D eigenvalue weighted by molar-refractivity contribution is 0.489. The molecule has 0 amide bonds. The molecule has 49 valence electrons. The minimum Gasteiger partial charge on any atom is -0.285 e. The third-order valence-electron chi connectivity index (χ3n) is 0.458. The summed E-state index contributed by atoms with van der Waals surface area (Å²) in [4.78, 5) is 0. The van der Waals surface area contributed by atoms with Crippen molar-refractivity contribution in [1.29, 1.82) is 0 Å². The van der Waals surface area contributed by atoms with Crippen molar-refractivity contribution in [2.75, 3.05) is 5.75 Å². The van der Waals surface area contributed by atoms with Crippen LogP contribution in [0.5, 0.6) is 0 Å². The normalized spacial score (nSPS) is 11.8. The van der Waals surface area contributed by atoms with Gasteiger partial charge in [0.2, 0.25) is 0 Å². The van der Waals surface area contributed by atoms with E-state index in [1.807, 2.05) is 0 Å². The van der Waals surface area contributed by atoms with E-state index in [2.05, 4.69) is 12.6 Å². The van der Waals surface area contributed by atoms with Crippen molar-refractivity contribution >= 4 is 22.7 Å². The van der Waals surface area contributed by atoms with Crippen molar-refractivity contribution in [2.24, 2.45) is 0 Å². The van der Waals surface area contributed by atoms with Crippen LogP contribution < -0.4 is 0 Å². The summed E-state index contributed by atoms with van der Waals surface area (Å²) in [5.41, 5.74) is 0. The lowest BCUT2D eigenvalue weighted by Gasteiger charge is -1.88. The Labute approximate surface area is 54.3 Å². The zero-order valence-corrected chi connectivity index (χ0v) is 5.82. The summed E-state index contributed by atoms with van der Waals surface area (Å²) in [6.07, 6.45) is 0.280. The van der Waals surface area contributed by atoms with Crippen LogP contribution in [0.15, 0.2) is 0 Å². The average Bonchev–Trinajstić information content (AvgIpc) is 1.59. The summed E-state index contributed by atoms with van der Waals surface area (Å²) in [5, 5.41) is 0. The standard InChI is InChI=1S/C3H7O3S2/c4-8(5,6)3-1-2-7/h3,7H,1-2H2,(H,4,5,6). The van der Waals surface area contributed by atoms with Gasteiger partial charge in [0, 0.05) is 0 Å². The third-order valence-corrected chi connectivity index (χ3v) is 1.37. The maximum Gasteiger partial charge on any atom is 0.269 e. The Balaban J connectivity index is 3.42. The summed E-state index contributed by atoms with van der Waals surface area (Å²) >= 11 is 3.73. The lowest BCUT2D eigenvalue weighted by Crippen LogP contribution is -1.96. The van der Waals surface area contributed by atoms with E-state index in [0.717, 1.165) is 5.75 Å². The van der Waals surface area contributed by atoms with Crippen LogP contribution in [-0.2, 0) is 10.1 Å². The van der Waals surface area contributed by atoms with Gasteiger partial charge in [-0.15, -0.1) is 0 Å². The Morgan fingerprint density at radius 3 is 2.25 bits per heavy atom. The van der Waals surface area contributed by atoms with Crippen molar-refractivity contribution in [1.82, 2.24) is 0 Å². The van der Waals surface area contributed by atoms with Crippen molar-refractivity contribution in [2.45, 2.75) is 6.42 Å². The summed E-state index contributed by atoms with van der Waals surface area (Å²) in [6, 6.07) is 0. The fourth-order valence-electron chi connectivity index (χ4n) is 0.202. The SMILES string of the molecule is O=S(=O)(O)[CH]CCS. The number of hydrogen-bond acceptors (Lipinski definition) is 3. The van der Waals surface area contributed by atoms with Gasteiger partial charge < -0.3 is 0 Å². The molecule has 0 aliphatic rings. The Morgan fingerprint density at radius 1 is 1.62 bits per heavy atom. The maximum atomic E-state index is 9.86. The molecule has 1 N–H and O–H groups in total. The Morgan fingerprint density at radius 2 is 2.12 bits per heavy atom. The molecular weight excluding hydrogens is 148 g/mol. The van der Waals surface area contributed by atoms with E-state index >= 15 is 0 Å². The van der Waals surface area contributed by atoms with E-state index in [-0.39, 0.29) is 6.42 Å². The van der Waals surface area contributed by atoms with Gasteiger partial charge in [-0.25, -0.2) is 0 Å². The minimum atomic E-state index is -3.86. The van der Waals surface area contributed by atoms with E-state index in [1.165, 1.54) is 0 Å². The fraction of sp³-hybridized carbons (Fsp3) is 0.667. The van der Waals surface area contributed by atoms with E-state index in [1.54, 1.807) is 0 Å². The average molecular weight is 155 g/mol. The van der Waals surface area contributed by atoms with Crippen molar-refractivity contribution in [3.8, 4) is 0 Å². The molecule has 1 radical (unpaired) electrons. The summed E-state index contributed by atoms with van der Waals surface area (Å²) in [7, 11) is -3.86. The van der Waals surface area contributed by atoms with Gasteiger partial charge in [0.1, 0.15) is 5.75 Å². The van der Waals surface area contributed by atoms with Gasteiger partial charge in [-0.3, -0.25) is 4.55 Å². The molecule has 0 aromatic rings. The highest BCUT2D eigenvalue weighted by atomic mass is 32.2. The molecule has 0 aliphatic heterocycles. The first-order chi connectivity index (χ1) is 3.56. The van der Waals surface area contributed by atoms with Gasteiger partial charge in [-0.1, -0.05) is 0 Å². The molecule has 5 heteroatoms. The van der Waals surface area contributed by atoms with Gasteiger partial charge in [0.05, 0.1) is 0 Å². The van der Waals surface area contributed by atoms with Crippen LogP contribution in [0.1, 0.15) is 6.42 Å². The van der Waals surface area contributed by atoms with Crippen LogP contribution in [-0.4, -0.2) is 18.7 Å². The zero-order chi connectivity index (χ0) is 6.62. The predicted molar refractivity (Wildman–Crippen MR) is 34.3 cm³/mol. The predicted octanol–water partition coefficient (Wildman–Crippen LogP) is 0.356. The molecule has 0 unspecified atom stereocenters. The Kier molecular flexibility index (Phi) is 3.43. The molecule has 0 aromatic carbocycles. The van der Waals surface area contributed by atoms with Gasteiger partial charge in [0.15, 0.2) is 0 Å². The second-order valence-electron chi connectivity index (χ2n) is 1.19. The van der Waals surface area contributed by atoms with Gasteiger partial charge in [0.25, 0.3) is 10.1 Å². The van der Waals surface area contributed by atoms with Crippen LogP contribution >= 0.6 is 12.6 Å². The molecule has 0 rings (SSSR count). The van der Waals surface area contributed by atoms with Crippen molar-refractivity contribution in [3.05, 3.63) is 5.75 Å². The van der Waals surface area contributed by atoms with E-state index < -0.39 is 10.1 Å². The van der Waals surface area contributed by atoms with Crippen molar-refractivity contribution < 1.29 is 13.0 Å². The molecule has 0 spiro atoms. The molecule has 0 saturated carbocycles. The van der Waals surface area contributed by atoms with Crippen LogP contribution in [0, 0.1) is 5.75 Å². The first-order valence-corrected chi connectivity index (χ1v) is 4.11. The molecule has 0 aliphatic carbocycles. The molecular formula is C3H7O3S2. The van der Waals surface area contributed by atoms with Crippen LogP contribution in [0.4, 0.5) is 0 Å². The first-order valence-electron chi connectivity index (χ1n) is 1.98. The summed E-state index contributed by atoms with van der Waals surface area (Å²) in [6.45, 7) is 0. The van der Waals surface area contributed by atoms with E-state index in [4.69, 9.17) is 4.55 Å². The topological polar surface area (TPSA) is 54.4 Å². The molecule has 0 fully saturated rings. The highest BCUT2D eigenvalue weighted by Crippen LogP contribution is 1.95. The fourth-order valence-corrected chi connectivity index (χ4v) is 0.921. The zero-order valence-electron chi connectivity index (χ0n) is 4.11. The molecule has 0 saturated heterocycles. The number of thiol groups is 1. The van der Waals surface area contributed by atoms with Crippen LogP contribution in [0.25, 0.3) is 0 Å². The van der Waals surface area contributed by atoms with E-state index in [0.29, 0.717) is 5.75 Å². The summed E-state index contributed by atoms with van der Waals surface area (Å²) in [5.74, 6) is 1.25. The largest absolute Gasteiger partial charge is 0.285 e. The van der Waals surface area contributed by atoms with Crippen LogP contribution in [0.3, 0.4) is 0 Å². The van der Waals surface area contributed by atoms with Gasteiger partial charge in [-0.2, -0.15) is 21.0 Å². The Hall–Kier alpha value is 0.260. The molecule has 0 bridgehead atoms. The molecule has 0 atom stereocenters. The maximum absolute atomic E-state index is 9.86. The van der Waals surface area contributed by atoms with Gasteiger partial charge in [-0.05, 0) is 12.2 Å². The number of rotatable bonds is 3. The first kappa shape index (κ1) is 8.26. The third kappa shape index (κ3) is 6.26.